The third-order valence-electron chi connectivity index (χ3n) is 2.41. The molecule has 0 heterocycles. The average molecular weight is 268 g/mol. The molecule has 0 saturated heterocycles. The molecule has 0 unspecified atom stereocenters. The highest BCUT2D eigenvalue weighted by molar-refractivity contribution is 5.84. The third-order valence-corrected chi connectivity index (χ3v) is 2.41. The molecule has 0 aliphatic carbocycles. The molecule has 1 amide bonds. The Labute approximate surface area is 113 Å². The monoisotopic (exact) mass is 268 g/mol. The fourth-order valence-corrected chi connectivity index (χ4v) is 1.42. The van der Waals surface area contributed by atoms with E-state index in [0.717, 1.165) is 5.69 Å². The average Bonchev–Trinajstić information content (AvgIpc) is 2.42. The number of rotatable bonds is 7. The summed E-state index contributed by atoms with van der Waals surface area (Å²) in [6.07, 6.45) is -0.751. The van der Waals surface area contributed by atoms with Gasteiger partial charge in [0.05, 0.1) is 13.2 Å². The maximum atomic E-state index is 11.2. The Morgan fingerprint density at radius 1 is 1.16 bits per heavy atom. The van der Waals surface area contributed by atoms with Gasteiger partial charge in [0.25, 0.3) is 0 Å². The van der Waals surface area contributed by atoms with Crippen molar-refractivity contribution in [3.63, 3.8) is 0 Å². The minimum Gasteiger partial charge on any atom is -0.450 e. The summed E-state index contributed by atoms with van der Waals surface area (Å²) >= 11 is 0. The van der Waals surface area contributed by atoms with Crippen LogP contribution in [0.3, 0.4) is 0 Å². The van der Waals surface area contributed by atoms with E-state index in [0.29, 0.717) is 18.8 Å². The Kier molecular flexibility index (Phi) is 6.70. The topological polar surface area (TPSA) is 68.8 Å². The molecule has 0 aliphatic heterocycles. The Balaban J connectivity index is 2.45. The summed E-state index contributed by atoms with van der Waals surface area (Å²) in [6.45, 7) is 2.65. The van der Waals surface area contributed by atoms with Crippen LogP contribution < -0.4 is 10.6 Å². The SMILES string of the molecule is CCOC(=O)Nc1ccc(NCC(OC)OC)cc1. The second kappa shape index (κ2) is 8.34. The normalized spacial score (nSPS) is 10.3. The molecule has 0 radical (unpaired) electrons. The van der Waals surface area contributed by atoms with Crippen LogP contribution in [0, 0.1) is 0 Å². The summed E-state index contributed by atoms with van der Waals surface area (Å²) in [7, 11) is 3.17. The van der Waals surface area contributed by atoms with E-state index >= 15 is 0 Å². The maximum Gasteiger partial charge on any atom is 0.411 e. The summed E-state index contributed by atoms with van der Waals surface area (Å²) in [4.78, 5) is 11.2. The first-order valence-electron chi connectivity index (χ1n) is 6.03. The molecule has 6 nitrogen and oxygen atoms in total. The summed E-state index contributed by atoms with van der Waals surface area (Å²) in [5, 5.41) is 5.78. The van der Waals surface area contributed by atoms with Gasteiger partial charge in [0.1, 0.15) is 0 Å². The van der Waals surface area contributed by atoms with Gasteiger partial charge in [-0.3, -0.25) is 5.32 Å². The summed E-state index contributed by atoms with van der Waals surface area (Å²) in [6, 6.07) is 7.27. The van der Waals surface area contributed by atoms with Crippen molar-refractivity contribution < 1.29 is 19.0 Å². The van der Waals surface area contributed by atoms with Gasteiger partial charge < -0.3 is 19.5 Å². The van der Waals surface area contributed by atoms with Gasteiger partial charge in [-0.2, -0.15) is 0 Å². The Hall–Kier alpha value is -1.79. The van der Waals surface area contributed by atoms with E-state index < -0.39 is 6.09 Å². The van der Waals surface area contributed by atoms with Crippen LogP contribution >= 0.6 is 0 Å². The van der Waals surface area contributed by atoms with Crippen molar-refractivity contribution in [2.45, 2.75) is 13.2 Å². The van der Waals surface area contributed by atoms with Crippen LogP contribution in [-0.4, -0.2) is 39.8 Å². The molecular formula is C13H20N2O4. The van der Waals surface area contributed by atoms with Crippen molar-refractivity contribution in [3.8, 4) is 0 Å². The van der Waals surface area contributed by atoms with Crippen LogP contribution in [0.15, 0.2) is 24.3 Å². The molecule has 0 bridgehead atoms. The number of methoxy groups -OCH3 is 2. The number of amides is 1. The second-order valence-corrected chi connectivity index (χ2v) is 3.70. The molecule has 1 rings (SSSR count). The predicted molar refractivity (Wildman–Crippen MR) is 73.4 cm³/mol. The van der Waals surface area contributed by atoms with E-state index in [1.54, 1.807) is 33.3 Å². The molecule has 0 saturated carbocycles. The Morgan fingerprint density at radius 3 is 2.26 bits per heavy atom. The zero-order valence-electron chi connectivity index (χ0n) is 11.4. The minimum absolute atomic E-state index is 0.294. The van der Waals surface area contributed by atoms with E-state index in [4.69, 9.17) is 14.2 Å². The highest BCUT2D eigenvalue weighted by Crippen LogP contribution is 2.14. The highest BCUT2D eigenvalue weighted by atomic mass is 16.7. The second-order valence-electron chi connectivity index (χ2n) is 3.70. The van der Waals surface area contributed by atoms with Gasteiger partial charge in [-0.1, -0.05) is 0 Å². The number of ether oxygens (including phenoxy) is 3. The first-order valence-corrected chi connectivity index (χ1v) is 6.03. The molecule has 2 N–H and O–H groups in total. The maximum absolute atomic E-state index is 11.2. The molecule has 1 aromatic rings. The quantitative estimate of drug-likeness (QED) is 0.742. The van der Waals surface area contributed by atoms with Gasteiger partial charge in [-0.25, -0.2) is 4.79 Å². The predicted octanol–water partition coefficient (Wildman–Crippen LogP) is 2.29. The smallest absolute Gasteiger partial charge is 0.411 e. The summed E-state index contributed by atoms with van der Waals surface area (Å²) in [5.41, 5.74) is 1.59. The standard InChI is InChI=1S/C13H20N2O4/c1-4-19-13(16)15-11-7-5-10(6-8-11)14-9-12(17-2)18-3/h5-8,12,14H,4,9H2,1-3H3,(H,15,16). The fourth-order valence-electron chi connectivity index (χ4n) is 1.42. The van der Waals surface area contributed by atoms with Crippen LogP contribution in [0.5, 0.6) is 0 Å². The molecule has 1 aromatic carbocycles. The fraction of sp³-hybridized carbons (Fsp3) is 0.462. The molecule has 0 aliphatic rings. The molecule has 0 spiro atoms. The van der Waals surface area contributed by atoms with Crippen molar-refractivity contribution in [1.82, 2.24) is 0 Å². The van der Waals surface area contributed by atoms with Crippen molar-refractivity contribution in [2.75, 3.05) is 38.0 Å². The van der Waals surface area contributed by atoms with Crippen LogP contribution in [0.4, 0.5) is 16.2 Å². The molecule has 6 heteroatoms. The molecule has 106 valence electrons. The minimum atomic E-state index is -0.456. The van der Waals surface area contributed by atoms with Crippen LogP contribution in [0.2, 0.25) is 0 Å². The highest BCUT2D eigenvalue weighted by Gasteiger charge is 2.05. The molecule has 0 fully saturated rings. The number of hydrogen-bond acceptors (Lipinski definition) is 5. The Morgan fingerprint density at radius 2 is 1.74 bits per heavy atom. The Bertz CT molecular complexity index is 377. The number of carbonyl (C=O) groups excluding carboxylic acids is 1. The lowest BCUT2D eigenvalue weighted by molar-refractivity contribution is -0.0914. The van der Waals surface area contributed by atoms with Crippen molar-refractivity contribution >= 4 is 17.5 Å². The van der Waals surface area contributed by atoms with Crippen LogP contribution in [0.25, 0.3) is 0 Å². The lowest BCUT2D eigenvalue weighted by atomic mass is 10.3. The van der Waals surface area contributed by atoms with Crippen LogP contribution in [0.1, 0.15) is 6.92 Å². The van der Waals surface area contributed by atoms with Gasteiger partial charge in [0, 0.05) is 25.6 Å². The number of hydrogen-bond donors (Lipinski definition) is 2. The third kappa shape index (κ3) is 5.58. The van der Waals surface area contributed by atoms with Crippen molar-refractivity contribution in [1.29, 1.82) is 0 Å². The molecule has 0 aromatic heterocycles. The molecule has 19 heavy (non-hydrogen) atoms. The first-order chi connectivity index (χ1) is 9.19. The van der Waals surface area contributed by atoms with Gasteiger partial charge in [-0.05, 0) is 31.2 Å². The van der Waals surface area contributed by atoms with E-state index in [2.05, 4.69) is 10.6 Å². The lowest BCUT2D eigenvalue weighted by Gasteiger charge is -2.15. The van der Waals surface area contributed by atoms with Gasteiger partial charge >= 0.3 is 6.09 Å². The van der Waals surface area contributed by atoms with Gasteiger partial charge in [0.2, 0.25) is 0 Å². The summed E-state index contributed by atoms with van der Waals surface area (Å²) < 4.78 is 14.9. The van der Waals surface area contributed by atoms with E-state index in [9.17, 15) is 4.79 Å². The molecular weight excluding hydrogens is 248 g/mol. The van der Waals surface area contributed by atoms with Crippen LogP contribution in [-0.2, 0) is 14.2 Å². The van der Waals surface area contributed by atoms with Gasteiger partial charge in [-0.15, -0.1) is 0 Å². The van der Waals surface area contributed by atoms with Crippen molar-refractivity contribution in [2.24, 2.45) is 0 Å². The van der Waals surface area contributed by atoms with E-state index in [1.165, 1.54) is 0 Å². The summed E-state index contributed by atoms with van der Waals surface area (Å²) in [5.74, 6) is 0. The lowest BCUT2D eigenvalue weighted by Crippen LogP contribution is -2.23. The number of nitrogens with one attached hydrogen (secondary N) is 2. The zero-order valence-corrected chi connectivity index (χ0v) is 11.4. The number of anilines is 2. The van der Waals surface area contributed by atoms with Gasteiger partial charge in [0.15, 0.2) is 6.29 Å². The zero-order chi connectivity index (χ0) is 14.1. The molecule has 0 atom stereocenters. The van der Waals surface area contributed by atoms with E-state index in [-0.39, 0.29) is 6.29 Å². The van der Waals surface area contributed by atoms with E-state index in [1.807, 2.05) is 12.1 Å². The largest absolute Gasteiger partial charge is 0.450 e. The first kappa shape index (κ1) is 15.3. The van der Waals surface area contributed by atoms with Crippen molar-refractivity contribution in [3.05, 3.63) is 24.3 Å². The number of benzene rings is 1. The number of carbonyl (C=O) groups is 1.